The summed E-state index contributed by atoms with van der Waals surface area (Å²) < 4.78 is 24.0. The summed E-state index contributed by atoms with van der Waals surface area (Å²) in [5.41, 5.74) is -1.20. The molecule has 0 aliphatic carbocycles. The second kappa shape index (κ2) is 10.1. The number of nitrogens with one attached hydrogen (secondary N) is 1. The summed E-state index contributed by atoms with van der Waals surface area (Å²) >= 11 is -2.58. The minimum atomic E-state index is -2.58. The monoisotopic (exact) mass is 252 g/mol. The summed E-state index contributed by atoms with van der Waals surface area (Å²) in [6, 6.07) is 0. The van der Waals surface area contributed by atoms with Crippen LogP contribution in [0, 0.1) is 0 Å². The Morgan fingerprint density at radius 1 is 1.33 bits per heavy atom. The molecule has 0 fully saturated rings. The van der Waals surface area contributed by atoms with Gasteiger partial charge in [-0.25, -0.2) is 4.21 Å². The van der Waals surface area contributed by atoms with Crippen LogP contribution >= 0.6 is 0 Å². The number of aliphatic hydroxyl groups is 3. The fourth-order valence-corrected chi connectivity index (χ4v) is 0.963. The van der Waals surface area contributed by atoms with Crippen molar-refractivity contribution in [2.24, 2.45) is 0 Å². The summed E-state index contributed by atoms with van der Waals surface area (Å²) in [5.74, 6) is 0. The van der Waals surface area contributed by atoms with Crippen LogP contribution in [0.3, 0.4) is 0 Å². The predicted octanol–water partition coefficient (Wildman–Crippen LogP) is -5.78. The Bertz CT molecular complexity index is 176. The fourth-order valence-electron chi connectivity index (χ4n) is 0.744. The van der Waals surface area contributed by atoms with Gasteiger partial charge in [0.1, 0.15) is 0 Å². The molecule has 0 saturated heterocycles. The smallest absolute Gasteiger partial charge is 1.00 e. The third kappa shape index (κ3) is 7.75. The zero-order chi connectivity index (χ0) is 11.0. The van der Waals surface area contributed by atoms with E-state index in [9.17, 15) is 8.76 Å². The third-order valence-electron chi connectivity index (χ3n) is 1.69. The molecule has 0 rings (SSSR count). The minimum absolute atomic E-state index is 0. The van der Waals surface area contributed by atoms with Crippen LogP contribution in [0.15, 0.2) is 0 Å². The Morgan fingerprint density at radius 3 is 2.13 bits per heavy atom. The first-order valence-electron chi connectivity index (χ1n) is 3.90. The van der Waals surface area contributed by atoms with Gasteiger partial charge in [-0.1, -0.05) is 0 Å². The van der Waals surface area contributed by atoms with Crippen LogP contribution in [0.5, 0.6) is 0 Å². The molecule has 0 aromatic heterocycles. The van der Waals surface area contributed by atoms with Crippen molar-refractivity contribution in [1.29, 1.82) is 0 Å². The maximum Gasteiger partial charge on any atom is 1.00 e. The Kier molecular flexibility index (Phi) is 12.3. The van der Waals surface area contributed by atoms with E-state index in [1.807, 2.05) is 0 Å². The van der Waals surface area contributed by atoms with Gasteiger partial charge in [0.25, 0.3) is 0 Å². The van der Waals surface area contributed by atoms with Crippen molar-refractivity contribution in [3.05, 3.63) is 0 Å². The summed E-state index contributed by atoms with van der Waals surface area (Å²) in [7, 11) is 0. The van der Waals surface area contributed by atoms with Gasteiger partial charge in [0.2, 0.25) is 0 Å². The topological polar surface area (TPSA) is 122 Å². The van der Waals surface area contributed by atoms with Crippen LogP contribution in [0.1, 0.15) is 1.43 Å². The molecule has 15 heavy (non-hydrogen) atoms. The summed E-state index contributed by atoms with van der Waals surface area (Å²) in [4.78, 5) is 0. The Hall–Kier alpha value is 0.910. The quantitative estimate of drug-likeness (QED) is 0.193. The van der Waals surface area contributed by atoms with E-state index in [2.05, 4.69) is 9.50 Å². The van der Waals surface area contributed by atoms with Crippen LogP contribution in [0.25, 0.3) is 0 Å². The minimum Gasteiger partial charge on any atom is -1.00 e. The molecule has 0 aliphatic heterocycles. The average Bonchev–Trinajstić information content (AvgIpc) is 2.19. The van der Waals surface area contributed by atoms with Crippen molar-refractivity contribution in [2.75, 3.05) is 33.0 Å². The molecule has 0 aromatic carbocycles. The molecule has 0 aliphatic rings. The summed E-state index contributed by atoms with van der Waals surface area (Å²) in [5, 5.41) is 29.1. The Morgan fingerprint density at radius 2 is 1.80 bits per heavy atom. The summed E-state index contributed by atoms with van der Waals surface area (Å²) in [6.07, 6.45) is 0. The van der Waals surface area contributed by atoms with Gasteiger partial charge in [0.05, 0.1) is 43.3 Å². The zero-order valence-corrected chi connectivity index (χ0v) is 11.3. The van der Waals surface area contributed by atoms with Gasteiger partial charge >= 0.3 is 29.6 Å². The van der Waals surface area contributed by atoms with Crippen LogP contribution in [0.2, 0.25) is 0 Å². The molecule has 0 radical (unpaired) electrons. The van der Waals surface area contributed by atoms with E-state index >= 15 is 0 Å². The van der Waals surface area contributed by atoms with Gasteiger partial charge in [0.15, 0.2) is 0 Å². The van der Waals surface area contributed by atoms with Crippen LogP contribution in [0.4, 0.5) is 0 Å². The van der Waals surface area contributed by atoms with Crippen LogP contribution in [-0.4, -0.2) is 62.6 Å². The summed E-state index contributed by atoms with van der Waals surface area (Å²) in [6.45, 7) is -1.41. The predicted molar refractivity (Wildman–Crippen MR) is 48.0 cm³/mol. The Balaban J connectivity index is -0.000000845. The standard InChI is InChI=1S/C6H15NO6S.Na.H/c8-3-6(4-9,5-10)7-1-2-13-14(11)12;;/h7-10H,1-5H2,(H,11,12);;/q;+1;-1/p-1. The largest absolute Gasteiger partial charge is 1.00 e. The maximum absolute atomic E-state index is 9.93. The number of aliphatic hydroxyl groups excluding tert-OH is 3. The van der Waals surface area contributed by atoms with Gasteiger partial charge in [-0.3, -0.25) is 4.18 Å². The van der Waals surface area contributed by atoms with E-state index in [-0.39, 0.29) is 44.1 Å². The maximum atomic E-state index is 9.93. The third-order valence-corrected chi connectivity index (χ3v) is 2.05. The van der Waals surface area contributed by atoms with E-state index in [1.54, 1.807) is 0 Å². The number of rotatable bonds is 8. The van der Waals surface area contributed by atoms with Gasteiger partial charge in [0, 0.05) is 6.54 Å². The second-order valence-electron chi connectivity index (χ2n) is 2.71. The molecule has 7 nitrogen and oxygen atoms in total. The molecule has 9 heteroatoms. The first-order valence-corrected chi connectivity index (χ1v) is 4.90. The SMILES string of the molecule is O=S([O-])OCCNC(CO)(CO)CO.[H-].[Na+]. The molecule has 0 saturated carbocycles. The molecular weight excluding hydrogens is 237 g/mol. The van der Waals surface area contributed by atoms with Gasteiger partial charge in [-0.15, -0.1) is 0 Å². The number of hydrogen-bond donors (Lipinski definition) is 4. The van der Waals surface area contributed by atoms with E-state index in [4.69, 9.17) is 15.3 Å². The van der Waals surface area contributed by atoms with Crippen LogP contribution < -0.4 is 34.9 Å². The average molecular weight is 252 g/mol. The van der Waals surface area contributed by atoms with E-state index < -0.39 is 36.7 Å². The molecular formula is C6H15NNaO6S-. The molecule has 1 unspecified atom stereocenters. The van der Waals surface area contributed by atoms with E-state index in [0.717, 1.165) is 0 Å². The second-order valence-corrected chi connectivity index (χ2v) is 3.35. The van der Waals surface area contributed by atoms with Crippen LogP contribution in [-0.2, 0) is 15.5 Å². The molecule has 0 spiro atoms. The first-order chi connectivity index (χ1) is 6.60. The molecule has 4 N–H and O–H groups in total. The van der Waals surface area contributed by atoms with Gasteiger partial charge in [-0.05, 0) is 0 Å². The van der Waals surface area contributed by atoms with E-state index in [0.29, 0.717) is 0 Å². The number of hydrogen-bond acceptors (Lipinski definition) is 7. The fraction of sp³-hybridized carbons (Fsp3) is 1.00. The molecule has 0 aromatic rings. The molecule has 88 valence electrons. The first kappa shape index (κ1) is 18.3. The van der Waals surface area contributed by atoms with Crippen molar-refractivity contribution < 1.29 is 59.2 Å². The molecule has 0 amide bonds. The van der Waals surface area contributed by atoms with E-state index in [1.165, 1.54) is 0 Å². The van der Waals surface area contributed by atoms with Crippen molar-refractivity contribution in [2.45, 2.75) is 5.54 Å². The van der Waals surface area contributed by atoms with Gasteiger partial charge < -0.3 is 26.6 Å². The Labute approximate surface area is 114 Å². The zero-order valence-electron chi connectivity index (χ0n) is 9.51. The van der Waals surface area contributed by atoms with Crippen molar-refractivity contribution >= 4 is 11.4 Å². The van der Waals surface area contributed by atoms with Gasteiger partial charge in [-0.2, -0.15) is 0 Å². The van der Waals surface area contributed by atoms with Crippen molar-refractivity contribution in [1.82, 2.24) is 5.32 Å². The normalized spacial score (nSPS) is 13.3. The van der Waals surface area contributed by atoms with Crippen molar-refractivity contribution in [3.8, 4) is 0 Å². The molecule has 0 heterocycles. The molecule has 1 atom stereocenters. The van der Waals surface area contributed by atoms with Crippen molar-refractivity contribution in [3.63, 3.8) is 0 Å². The molecule has 0 bridgehead atoms.